The van der Waals surface area contributed by atoms with Crippen LogP contribution in [0.25, 0.3) is 5.57 Å². The number of hydrogen-bond donors (Lipinski definition) is 1. The van der Waals surface area contributed by atoms with Crippen molar-refractivity contribution in [2.75, 3.05) is 13.7 Å². The van der Waals surface area contributed by atoms with E-state index in [-0.39, 0.29) is 0 Å². The lowest BCUT2D eigenvalue weighted by Crippen LogP contribution is -2.00. The molecule has 0 aliphatic carbocycles. The van der Waals surface area contributed by atoms with Gasteiger partial charge in [-0.2, -0.15) is 0 Å². The number of carboxylic acids is 1. The van der Waals surface area contributed by atoms with Gasteiger partial charge in [-0.25, -0.2) is 4.79 Å². The zero-order valence-electron chi connectivity index (χ0n) is 14.2. The van der Waals surface area contributed by atoms with Gasteiger partial charge in [0.15, 0.2) is 11.5 Å². The average Bonchev–Trinajstić information content (AvgIpc) is 2.57. The lowest BCUT2D eigenvalue weighted by atomic mass is 9.96. The molecule has 0 radical (unpaired) electrons. The summed E-state index contributed by atoms with van der Waals surface area (Å²) in [5.41, 5.74) is 3.32. The number of carboxylic acid groups (broad SMARTS) is 1. The quantitative estimate of drug-likeness (QED) is 0.770. The maximum absolute atomic E-state index is 11.3. The fraction of sp³-hybridized carbons (Fsp3) is 0.250. The molecule has 1 N–H and O–H groups in total. The van der Waals surface area contributed by atoms with Crippen LogP contribution in [0.1, 0.15) is 30.0 Å². The van der Waals surface area contributed by atoms with Crippen molar-refractivity contribution in [3.05, 3.63) is 65.2 Å². The van der Waals surface area contributed by atoms with Crippen LogP contribution in [-0.4, -0.2) is 24.8 Å². The van der Waals surface area contributed by atoms with Crippen molar-refractivity contribution in [2.24, 2.45) is 0 Å². The normalized spacial score (nSPS) is 11.2. The molecule has 2 rings (SSSR count). The molecule has 0 amide bonds. The first-order valence-electron chi connectivity index (χ1n) is 7.88. The van der Waals surface area contributed by atoms with Crippen LogP contribution in [-0.2, 0) is 4.79 Å². The second-order valence-corrected chi connectivity index (χ2v) is 5.48. The molecule has 0 aromatic heterocycles. The predicted molar refractivity (Wildman–Crippen MR) is 94.7 cm³/mol. The van der Waals surface area contributed by atoms with E-state index < -0.39 is 5.97 Å². The number of methoxy groups -OCH3 is 1. The summed E-state index contributed by atoms with van der Waals surface area (Å²) in [6, 6.07) is 13.2. The second-order valence-electron chi connectivity index (χ2n) is 5.48. The molecule has 4 heteroatoms. The number of aliphatic carboxylic acids is 1. The Morgan fingerprint density at radius 1 is 1.12 bits per heavy atom. The van der Waals surface area contributed by atoms with Crippen molar-refractivity contribution >= 4 is 11.5 Å². The number of benzene rings is 2. The molecule has 0 aliphatic rings. The van der Waals surface area contributed by atoms with Crippen LogP contribution in [0.4, 0.5) is 0 Å². The molecule has 0 saturated carbocycles. The van der Waals surface area contributed by atoms with Gasteiger partial charge in [0.2, 0.25) is 0 Å². The topological polar surface area (TPSA) is 55.8 Å². The highest BCUT2D eigenvalue weighted by Crippen LogP contribution is 2.33. The highest BCUT2D eigenvalue weighted by atomic mass is 16.5. The van der Waals surface area contributed by atoms with Crippen LogP contribution >= 0.6 is 0 Å². The molecule has 126 valence electrons. The number of ether oxygens (including phenoxy) is 2. The highest BCUT2D eigenvalue weighted by molar-refractivity contribution is 5.95. The maximum Gasteiger partial charge on any atom is 0.328 e. The average molecular weight is 326 g/mol. The zero-order valence-corrected chi connectivity index (χ0v) is 14.2. The van der Waals surface area contributed by atoms with E-state index in [0.29, 0.717) is 23.7 Å². The van der Waals surface area contributed by atoms with Crippen LogP contribution < -0.4 is 9.47 Å². The summed E-state index contributed by atoms with van der Waals surface area (Å²) < 4.78 is 11.1. The van der Waals surface area contributed by atoms with E-state index in [0.717, 1.165) is 23.1 Å². The predicted octanol–water partition coefficient (Wildman–Crippen LogP) is 4.31. The van der Waals surface area contributed by atoms with Crippen LogP contribution in [0.15, 0.2) is 48.5 Å². The van der Waals surface area contributed by atoms with Gasteiger partial charge in [0.05, 0.1) is 13.7 Å². The van der Waals surface area contributed by atoms with Gasteiger partial charge in [-0.15, -0.1) is 0 Å². The summed E-state index contributed by atoms with van der Waals surface area (Å²) in [5.74, 6) is 0.253. The minimum absolute atomic E-state index is 0.588. The molecular formula is C20H22O4. The summed E-state index contributed by atoms with van der Waals surface area (Å²) in [5, 5.41) is 9.24. The SMILES string of the molecule is CCCOc1ccc(C(=CC(=O)O)c2cccc(C)c2)cc1OC. The minimum atomic E-state index is -0.989. The van der Waals surface area contributed by atoms with Crippen LogP contribution in [0, 0.1) is 6.92 Å². The summed E-state index contributed by atoms with van der Waals surface area (Å²) >= 11 is 0. The molecular weight excluding hydrogens is 304 g/mol. The Bertz CT molecular complexity index is 747. The first-order chi connectivity index (χ1) is 11.5. The summed E-state index contributed by atoms with van der Waals surface area (Å²) in [7, 11) is 1.57. The van der Waals surface area contributed by atoms with Gasteiger partial charge in [0.1, 0.15) is 0 Å². The molecule has 2 aromatic carbocycles. The molecule has 0 bridgehead atoms. The zero-order chi connectivity index (χ0) is 17.5. The van der Waals surface area contributed by atoms with E-state index in [1.54, 1.807) is 7.11 Å². The molecule has 0 atom stereocenters. The Morgan fingerprint density at radius 3 is 2.50 bits per heavy atom. The second kappa shape index (κ2) is 8.20. The maximum atomic E-state index is 11.3. The van der Waals surface area contributed by atoms with Crippen molar-refractivity contribution in [3.8, 4) is 11.5 Å². The van der Waals surface area contributed by atoms with Crippen molar-refractivity contribution in [3.63, 3.8) is 0 Å². The van der Waals surface area contributed by atoms with Gasteiger partial charge < -0.3 is 14.6 Å². The Balaban J connectivity index is 2.49. The monoisotopic (exact) mass is 326 g/mol. The molecule has 0 aliphatic heterocycles. The Morgan fingerprint density at radius 2 is 1.88 bits per heavy atom. The summed E-state index contributed by atoms with van der Waals surface area (Å²) in [6.07, 6.45) is 2.12. The van der Waals surface area contributed by atoms with Gasteiger partial charge in [0.25, 0.3) is 0 Å². The Kier molecular flexibility index (Phi) is 6.01. The van der Waals surface area contributed by atoms with Crippen molar-refractivity contribution in [1.29, 1.82) is 0 Å². The van der Waals surface area contributed by atoms with Gasteiger partial charge in [-0.1, -0.05) is 42.8 Å². The van der Waals surface area contributed by atoms with Crippen molar-refractivity contribution in [1.82, 2.24) is 0 Å². The fourth-order valence-electron chi connectivity index (χ4n) is 2.44. The molecule has 24 heavy (non-hydrogen) atoms. The first-order valence-corrected chi connectivity index (χ1v) is 7.88. The molecule has 4 nitrogen and oxygen atoms in total. The Labute approximate surface area is 142 Å². The number of hydrogen-bond acceptors (Lipinski definition) is 3. The largest absolute Gasteiger partial charge is 0.493 e. The van der Waals surface area contributed by atoms with Gasteiger partial charge in [-0.3, -0.25) is 0 Å². The number of rotatable bonds is 7. The molecule has 0 heterocycles. The van der Waals surface area contributed by atoms with E-state index in [9.17, 15) is 9.90 Å². The number of aryl methyl sites for hydroxylation is 1. The summed E-state index contributed by atoms with van der Waals surface area (Å²) in [6.45, 7) is 4.61. The van der Waals surface area contributed by atoms with E-state index in [2.05, 4.69) is 0 Å². The first kappa shape index (κ1) is 17.6. The van der Waals surface area contributed by atoms with E-state index in [4.69, 9.17) is 9.47 Å². The molecule has 0 fully saturated rings. The van der Waals surface area contributed by atoms with E-state index in [1.165, 1.54) is 6.08 Å². The lowest BCUT2D eigenvalue weighted by Gasteiger charge is -2.14. The number of carbonyl (C=O) groups is 1. The third-order valence-electron chi connectivity index (χ3n) is 3.53. The smallest absolute Gasteiger partial charge is 0.328 e. The third-order valence-corrected chi connectivity index (χ3v) is 3.53. The molecule has 0 unspecified atom stereocenters. The van der Waals surface area contributed by atoms with Gasteiger partial charge in [0, 0.05) is 6.08 Å². The van der Waals surface area contributed by atoms with Crippen molar-refractivity contribution < 1.29 is 19.4 Å². The van der Waals surface area contributed by atoms with Crippen molar-refractivity contribution in [2.45, 2.75) is 20.3 Å². The van der Waals surface area contributed by atoms with Crippen LogP contribution in [0.2, 0.25) is 0 Å². The third kappa shape index (κ3) is 4.38. The standard InChI is InChI=1S/C20H22O4/c1-4-10-24-18-9-8-16(12-19(18)23-3)17(13-20(21)22)15-7-5-6-14(2)11-15/h5-9,11-13H,4,10H2,1-3H3,(H,21,22). The van der Waals surface area contributed by atoms with E-state index >= 15 is 0 Å². The fourth-order valence-corrected chi connectivity index (χ4v) is 2.44. The van der Waals surface area contributed by atoms with Crippen LogP contribution in [0.5, 0.6) is 11.5 Å². The van der Waals surface area contributed by atoms with E-state index in [1.807, 2.05) is 56.3 Å². The highest BCUT2D eigenvalue weighted by Gasteiger charge is 2.12. The summed E-state index contributed by atoms with van der Waals surface area (Å²) in [4.78, 5) is 11.3. The molecule has 2 aromatic rings. The minimum Gasteiger partial charge on any atom is -0.493 e. The van der Waals surface area contributed by atoms with Crippen LogP contribution in [0.3, 0.4) is 0 Å². The lowest BCUT2D eigenvalue weighted by molar-refractivity contribution is -0.131. The van der Waals surface area contributed by atoms with Gasteiger partial charge in [-0.05, 0) is 42.2 Å². The molecule has 0 spiro atoms. The van der Waals surface area contributed by atoms with Gasteiger partial charge >= 0.3 is 5.97 Å². The molecule has 0 saturated heterocycles. The Hall–Kier alpha value is -2.75.